The number of rotatable bonds is 5. The van der Waals surface area contributed by atoms with Crippen molar-refractivity contribution in [2.75, 3.05) is 5.75 Å². The third-order valence-corrected chi connectivity index (χ3v) is 4.14. The lowest BCUT2D eigenvalue weighted by molar-refractivity contribution is -0.121. The molecule has 1 amide bonds. The predicted molar refractivity (Wildman–Crippen MR) is 69.2 cm³/mol. The lowest BCUT2D eigenvalue weighted by Crippen LogP contribution is -2.31. The summed E-state index contributed by atoms with van der Waals surface area (Å²) in [5, 5.41) is 2.52. The van der Waals surface area contributed by atoms with Gasteiger partial charge in [-0.1, -0.05) is 11.6 Å². The van der Waals surface area contributed by atoms with E-state index in [1.165, 1.54) is 12.3 Å². The number of hydrogen-bond acceptors (Lipinski definition) is 4. The summed E-state index contributed by atoms with van der Waals surface area (Å²) in [6.07, 6.45) is 1.25. The average Bonchev–Trinajstić information content (AvgIpc) is 2.26. The number of aromatic nitrogens is 1. The highest BCUT2D eigenvalue weighted by Crippen LogP contribution is 2.19. The van der Waals surface area contributed by atoms with E-state index in [1.54, 1.807) is 6.07 Å². The Bertz CT molecular complexity index is 529. The van der Waals surface area contributed by atoms with Crippen LogP contribution in [-0.4, -0.2) is 31.1 Å². The van der Waals surface area contributed by atoms with Crippen molar-refractivity contribution in [3.8, 4) is 0 Å². The van der Waals surface area contributed by atoms with Gasteiger partial charge in [0.25, 0.3) is 0 Å². The summed E-state index contributed by atoms with van der Waals surface area (Å²) in [5.41, 5.74) is 0. The summed E-state index contributed by atoms with van der Waals surface area (Å²) < 4.78 is 23.8. The fourth-order valence-electron chi connectivity index (χ4n) is 1.32. The first-order valence-electron chi connectivity index (χ1n) is 5.45. The largest absolute Gasteiger partial charge is 0.354 e. The zero-order chi connectivity index (χ0) is 13.8. The maximum atomic E-state index is 11.9. The molecule has 7 heteroatoms. The summed E-state index contributed by atoms with van der Waals surface area (Å²) in [4.78, 5) is 15.1. The minimum absolute atomic E-state index is 0.0151. The number of sulfone groups is 1. The van der Waals surface area contributed by atoms with E-state index in [-0.39, 0.29) is 34.2 Å². The zero-order valence-corrected chi connectivity index (χ0v) is 11.8. The Hall–Kier alpha value is -1.14. The highest BCUT2D eigenvalue weighted by Gasteiger charge is 2.20. The average molecular weight is 291 g/mol. The molecule has 0 spiro atoms. The number of carbonyl (C=O) groups excluding carboxylic acids is 1. The van der Waals surface area contributed by atoms with Gasteiger partial charge in [-0.3, -0.25) is 4.79 Å². The van der Waals surface area contributed by atoms with E-state index >= 15 is 0 Å². The molecule has 0 saturated carbocycles. The standard InChI is InChI=1S/C11H15ClN2O3S/c1-8(2)14-10(15)5-7-18(16,17)11-9(12)4-3-6-13-11/h3-4,6,8H,5,7H2,1-2H3,(H,14,15). The normalized spacial score (nSPS) is 11.6. The second kappa shape index (κ2) is 6.15. The number of halogens is 1. The van der Waals surface area contributed by atoms with Crippen molar-refractivity contribution in [1.29, 1.82) is 0 Å². The molecule has 1 rings (SSSR count). The van der Waals surface area contributed by atoms with Gasteiger partial charge in [0.05, 0.1) is 10.8 Å². The van der Waals surface area contributed by atoms with Crippen molar-refractivity contribution < 1.29 is 13.2 Å². The molecule has 0 atom stereocenters. The zero-order valence-electron chi connectivity index (χ0n) is 10.2. The Morgan fingerprint density at radius 2 is 2.17 bits per heavy atom. The Morgan fingerprint density at radius 3 is 2.72 bits per heavy atom. The number of nitrogens with one attached hydrogen (secondary N) is 1. The molecule has 100 valence electrons. The molecule has 0 radical (unpaired) electrons. The van der Waals surface area contributed by atoms with Crippen LogP contribution < -0.4 is 5.32 Å². The second-order valence-corrected chi connectivity index (χ2v) is 6.51. The van der Waals surface area contributed by atoms with Crippen LogP contribution in [0.5, 0.6) is 0 Å². The summed E-state index contributed by atoms with van der Waals surface area (Å²) in [5.74, 6) is -0.608. The Morgan fingerprint density at radius 1 is 1.50 bits per heavy atom. The van der Waals surface area contributed by atoms with Crippen LogP contribution in [0.15, 0.2) is 23.4 Å². The first kappa shape index (κ1) is 14.9. The summed E-state index contributed by atoms with van der Waals surface area (Å²) >= 11 is 5.77. The number of amides is 1. The Balaban J connectivity index is 2.72. The lowest BCUT2D eigenvalue weighted by atomic mass is 10.3. The number of pyridine rings is 1. The minimum Gasteiger partial charge on any atom is -0.354 e. The molecule has 5 nitrogen and oxygen atoms in total. The van der Waals surface area contributed by atoms with Gasteiger partial charge >= 0.3 is 0 Å². The van der Waals surface area contributed by atoms with Crippen molar-refractivity contribution in [3.05, 3.63) is 23.4 Å². The van der Waals surface area contributed by atoms with Gasteiger partial charge in [0.15, 0.2) is 14.9 Å². The first-order valence-corrected chi connectivity index (χ1v) is 7.48. The van der Waals surface area contributed by atoms with Crippen LogP contribution in [0, 0.1) is 0 Å². The van der Waals surface area contributed by atoms with Gasteiger partial charge in [0.1, 0.15) is 0 Å². The van der Waals surface area contributed by atoms with Gasteiger partial charge in [0.2, 0.25) is 5.91 Å². The smallest absolute Gasteiger partial charge is 0.221 e. The van der Waals surface area contributed by atoms with Crippen molar-refractivity contribution in [1.82, 2.24) is 10.3 Å². The van der Waals surface area contributed by atoms with Crippen LogP contribution in [0.3, 0.4) is 0 Å². The van der Waals surface area contributed by atoms with E-state index in [0.717, 1.165) is 0 Å². The molecule has 0 aromatic carbocycles. The van der Waals surface area contributed by atoms with Crippen LogP contribution >= 0.6 is 11.6 Å². The van der Waals surface area contributed by atoms with Crippen LogP contribution in [-0.2, 0) is 14.6 Å². The Kier molecular flexibility index (Phi) is 5.10. The molecular formula is C11H15ClN2O3S. The van der Waals surface area contributed by atoms with Crippen LogP contribution in [0.4, 0.5) is 0 Å². The van der Waals surface area contributed by atoms with E-state index < -0.39 is 9.84 Å². The number of nitrogens with zero attached hydrogens (tertiary/aromatic N) is 1. The fraction of sp³-hybridized carbons (Fsp3) is 0.455. The van der Waals surface area contributed by atoms with Crippen LogP contribution in [0.2, 0.25) is 5.02 Å². The van der Waals surface area contributed by atoms with Crippen molar-refractivity contribution in [2.45, 2.75) is 31.3 Å². The molecule has 0 aliphatic heterocycles. The lowest BCUT2D eigenvalue weighted by Gasteiger charge is -2.08. The van der Waals surface area contributed by atoms with Gasteiger partial charge in [0, 0.05) is 18.7 Å². The van der Waals surface area contributed by atoms with Gasteiger partial charge in [-0.15, -0.1) is 0 Å². The molecular weight excluding hydrogens is 276 g/mol. The molecule has 0 aliphatic carbocycles. The van der Waals surface area contributed by atoms with Crippen molar-refractivity contribution in [2.24, 2.45) is 0 Å². The van der Waals surface area contributed by atoms with E-state index in [2.05, 4.69) is 10.3 Å². The molecule has 18 heavy (non-hydrogen) atoms. The Labute approximate surface area is 111 Å². The molecule has 1 aromatic heterocycles. The van der Waals surface area contributed by atoms with Gasteiger partial charge in [-0.25, -0.2) is 13.4 Å². The molecule has 1 N–H and O–H groups in total. The van der Waals surface area contributed by atoms with Gasteiger partial charge in [-0.2, -0.15) is 0 Å². The van der Waals surface area contributed by atoms with Gasteiger partial charge in [-0.05, 0) is 26.0 Å². The molecule has 0 aliphatic rings. The summed E-state index contributed by atoms with van der Waals surface area (Å²) in [6.45, 7) is 3.62. The second-order valence-electron chi connectivity index (χ2n) is 4.08. The minimum atomic E-state index is -3.63. The summed E-state index contributed by atoms with van der Waals surface area (Å²) in [7, 11) is -3.63. The molecule has 1 heterocycles. The third-order valence-electron chi connectivity index (χ3n) is 2.07. The van der Waals surface area contributed by atoms with E-state index in [1.807, 2.05) is 13.8 Å². The fourth-order valence-corrected chi connectivity index (χ4v) is 3.03. The van der Waals surface area contributed by atoms with Crippen molar-refractivity contribution in [3.63, 3.8) is 0 Å². The molecule has 0 fully saturated rings. The molecule has 0 bridgehead atoms. The maximum absolute atomic E-state index is 11.9. The quantitative estimate of drug-likeness (QED) is 0.890. The summed E-state index contributed by atoms with van der Waals surface area (Å²) in [6, 6.07) is 2.99. The monoisotopic (exact) mass is 290 g/mol. The number of carbonyl (C=O) groups is 1. The topological polar surface area (TPSA) is 76.1 Å². The van der Waals surface area contributed by atoms with Crippen LogP contribution in [0.1, 0.15) is 20.3 Å². The van der Waals surface area contributed by atoms with Crippen LogP contribution in [0.25, 0.3) is 0 Å². The van der Waals surface area contributed by atoms with E-state index in [4.69, 9.17) is 11.6 Å². The number of hydrogen-bond donors (Lipinski definition) is 1. The highest BCUT2D eigenvalue weighted by atomic mass is 35.5. The molecule has 0 unspecified atom stereocenters. The molecule has 1 aromatic rings. The highest BCUT2D eigenvalue weighted by molar-refractivity contribution is 7.91. The predicted octanol–water partition coefficient (Wildman–Crippen LogP) is 1.42. The molecule has 0 saturated heterocycles. The maximum Gasteiger partial charge on any atom is 0.221 e. The van der Waals surface area contributed by atoms with E-state index in [0.29, 0.717) is 0 Å². The van der Waals surface area contributed by atoms with Gasteiger partial charge < -0.3 is 5.32 Å². The van der Waals surface area contributed by atoms with E-state index in [9.17, 15) is 13.2 Å². The third kappa shape index (κ3) is 4.27. The SMILES string of the molecule is CC(C)NC(=O)CCS(=O)(=O)c1ncccc1Cl. The van der Waals surface area contributed by atoms with Crippen molar-refractivity contribution >= 4 is 27.3 Å². The first-order chi connectivity index (χ1) is 8.33.